The molecule has 0 spiro atoms. The van der Waals surface area contributed by atoms with Gasteiger partial charge in [0, 0.05) is 15.7 Å². The smallest absolute Gasteiger partial charge is 0.256 e. The number of ether oxygens (including phenoxy) is 1. The van der Waals surface area contributed by atoms with E-state index in [4.69, 9.17) is 9.15 Å². The van der Waals surface area contributed by atoms with Gasteiger partial charge in [0.05, 0.1) is 18.9 Å². The molecule has 3 aromatic rings. The standard InChI is InChI=1S/C17H13BrN2O3/c1-22-13-5-6-15(18)14(8-13)17(21)20-12-4-2-3-11(7-12)16-9-19-10-23-16/h2-10H,1H3,(H,20,21). The first-order valence-electron chi connectivity index (χ1n) is 6.81. The van der Waals surface area contributed by atoms with E-state index in [9.17, 15) is 4.79 Å². The molecule has 23 heavy (non-hydrogen) atoms. The second-order valence-corrected chi connectivity index (χ2v) is 5.60. The molecule has 0 aliphatic rings. The predicted molar refractivity (Wildman–Crippen MR) is 90.6 cm³/mol. The van der Waals surface area contributed by atoms with Crippen LogP contribution in [0, 0.1) is 0 Å². The van der Waals surface area contributed by atoms with Crippen molar-refractivity contribution in [3.8, 4) is 17.1 Å². The zero-order chi connectivity index (χ0) is 16.2. The van der Waals surface area contributed by atoms with Crippen LogP contribution in [0.5, 0.6) is 5.75 Å². The third kappa shape index (κ3) is 3.43. The average molecular weight is 373 g/mol. The van der Waals surface area contributed by atoms with E-state index in [1.54, 1.807) is 31.5 Å². The first-order valence-corrected chi connectivity index (χ1v) is 7.60. The van der Waals surface area contributed by atoms with Crippen LogP contribution in [0.1, 0.15) is 10.4 Å². The van der Waals surface area contributed by atoms with E-state index < -0.39 is 0 Å². The van der Waals surface area contributed by atoms with E-state index in [2.05, 4.69) is 26.2 Å². The number of halogens is 1. The van der Waals surface area contributed by atoms with E-state index in [1.807, 2.05) is 24.3 Å². The van der Waals surface area contributed by atoms with Gasteiger partial charge in [0.25, 0.3) is 5.91 Å². The van der Waals surface area contributed by atoms with Gasteiger partial charge in [0.2, 0.25) is 0 Å². The van der Waals surface area contributed by atoms with Crippen LogP contribution in [-0.4, -0.2) is 18.0 Å². The molecule has 0 bridgehead atoms. The van der Waals surface area contributed by atoms with Gasteiger partial charge >= 0.3 is 0 Å². The van der Waals surface area contributed by atoms with Crippen LogP contribution in [0.4, 0.5) is 5.69 Å². The number of methoxy groups -OCH3 is 1. The number of hydrogen-bond donors (Lipinski definition) is 1. The van der Waals surface area contributed by atoms with Crippen molar-refractivity contribution in [2.75, 3.05) is 12.4 Å². The molecule has 3 rings (SSSR count). The Bertz CT molecular complexity index is 832. The SMILES string of the molecule is COc1ccc(Br)c(C(=O)Nc2cccc(-c3cnco3)c2)c1. The summed E-state index contributed by atoms with van der Waals surface area (Å²) >= 11 is 3.38. The number of oxazole rings is 1. The Balaban J connectivity index is 1.85. The third-order valence-electron chi connectivity index (χ3n) is 3.26. The molecule has 1 heterocycles. The molecule has 0 fully saturated rings. The van der Waals surface area contributed by atoms with Crippen molar-refractivity contribution in [2.45, 2.75) is 0 Å². The quantitative estimate of drug-likeness (QED) is 0.738. The van der Waals surface area contributed by atoms with Crippen LogP contribution < -0.4 is 10.1 Å². The van der Waals surface area contributed by atoms with Gasteiger partial charge < -0.3 is 14.5 Å². The summed E-state index contributed by atoms with van der Waals surface area (Å²) < 4.78 is 11.1. The van der Waals surface area contributed by atoms with Crippen molar-refractivity contribution < 1.29 is 13.9 Å². The van der Waals surface area contributed by atoms with Gasteiger partial charge in [-0.1, -0.05) is 12.1 Å². The van der Waals surface area contributed by atoms with E-state index in [0.717, 1.165) is 5.56 Å². The van der Waals surface area contributed by atoms with Crippen LogP contribution in [0.15, 0.2) is 63.9 Å². The van der Waals surface area contributed by atoms with E-state index in [-0.39, 0.29) is 5.91 Å². The van der Waals surface area contributed by atoms with Crippen molar-refractivity contribution in [1.29, 1.82) is 0 Å². The third-order valence-corrected chi connectivity index (χ3v) is 3.95. The number of carbonyl (C=O) groups is 1. The van der Waals surface area contributed by atoms with Crippen molar-refractivity contribution >= 4 is 27.5 Å². The molecule has 0 radical (unpaired) electrons. The molecular formula is C17H13BrN2O3. The van der Waals surface area contributed by atoms with Gasteiger partial charge in [-0.05, 0) is 46.3 Å². The molecule has 0 atom stereocenters. The van der Waals surface area contributed by atoms with Crippen molar-refractivity contribution in [2.24, 2.45) is 0 Å². The second kappa shape index (κ2) is 6.66. The molecule has 116 valence electrons. The largest absolute Gasteiger partial charge is 0.497 e. The Morgan fingerprint density at radius 1 is 1.26 bits per heavy atom. The normalized spacial score (nSPS) is 10.3. The number of carbonyl (C=O) groups excluding carboxylic acids is 1. The Morgan fingerprint density at radius 3 is 2.87 bits per heavy atom. The summed E-state index contributed by atoms with van der Waals surface area (Å²) in [7, 11) is 1.56. The van der Waals surface area contributed by atoms with Gasteiger partial charge in [0.15, 0.2) is 12.2 Å². The molecule has 5 nitrogen and oxygen atoms in total. The lowest BCUT2D eigenvalue weighted by atomic mass is 10.1. The fourth-order valence-corrected chi connectivity index (χ4v) is 2.54. The summed E-state index contributed by atoms with van der Waals surface area (Å²) in [5, 5.41) is 2.87. The number of anilines is 1. The number of rotatable bonds is 4. The van der Waals surface area contributed by atoms with Crippen LogP contribution in [-0.2, 0) is 0 Å². The Labute approximate surface area is 141 Å². The Morgan fingerprint density at radius 2 is 2.13 bits per heavy atom. The van der Waals surface area contributed by atoms with E-state index in [1.165, 1.54) is 6.39 Å². The van der Waals surface area contributed by atoms with E-state index >= 15 is 0 Å². The monoisotopic (exact) mass is 372 g/mol. The second-order valence-electron chi connectivity index (χ2n) is 4.75. The lowest BCUT2D eigenvalue weighted by Crippen LogP contribution is -2.12. The zero-order valence-electron chi connectivity index (χ0n) is 12.2. The fourth-order valence-electron chi connectivity index (χ4n) is 2.11. The molecular weight excluding hydrogens is 360 g/mol. The molecule has 1 N–H and O–H groups in total. The molecule has 6 heteroatoms. The highest BCUT2D eigenvalue weighted by Crippen LogP contribution is 2.25. The predicted octanol–water partition coefficient (Wildman–Crippen LogP) is 4.37. The van der Waals surface area contributed by atoms with Gasteiger partial charge in [0.1, 0.15) is 5.75 Å². The van der Waals surface area contributed by atoms with Gasteiger partial charge in [-0.3, -0.25) is 4.79 Å². The number of aromatic nitrogens is 1. The highest BCUT2D eigenvalue weighted by molar-refractivity contribution is 9.10. The number of benzene rings is 2. The van der Waals surface area contributed by atoms with Crippen molar-refractivity contribution in [1.82, 2.24) is 4.98 Å². The Kier molecular flexibility index (Phi) is 4.43. The highest BCUT2D eigenvalue weighted by atomic mass is 79.9. The number of amides is 1. The van der Waals surface area contributed by atoms with Crippen LogP contribution >= 0.6 is 15.9 Å². The van der Waals surface area contributed by atoms with Gasteiger partial charge in [-0.25, -0.2) is 4.98 Å². The van der Waals surface area contributed by atoms with Gasteiger partial charge in [-0.15, -0.1) is 0 Å². The number of nitrogens with one attached hydrogen (secondary N) is 1. The first kappa shape index (κ1) is 15.3. The van der Waals surface area contributed by atoms with Crippen molar-refractivity contribution in [3.05, 3.63) is 65.1 Å². The van der Waals surface area contributed by atoms with E-state index in [0.29, 0.717) is 27.2 Å². The summed E-state index contributed by atoms with van der Waals surface area (Å²) in [5.41, 5.74) is 2.00. The number of hydrogen-bond acceptors (Lipinski definition) is 4. The van der Waals surface area contributed by atoms with Crippen molar-refractivity contribution in [3.63, 3.8) is 0 Å². The van der Waals surface area contributed by atoms with Gasteiger partial charge in [-0.2, -0.15) is 0 Å². The molecule has 1 aromatic heterocycles. The lowest BCUT2D eigenvalue weighted by molar-refractivity contribution is 0.102. The maximum atomic E-state index is 12.5. The summed E-state index contributed by atoms with van der Waals surface area (Å²) in [6, 6.07) is 12.6. The average Bonchev–Trinajstić information content (AvgIpc) is 3.10. The summed E-state index contributed by atoms with van der Waals surface area (Å²) in [6.07, 6.45) is 2.99. The highest BCUT2D eigenvalue weighted by Gasteiger charge is 2.12. The minimum atomic E-state index is -0.231. The van der Waals surface area contributed by atoms with Crippen LogP contribution in [0.3, 0.4) is 0 Å². The molecule has 0 saturated heterocycles. The summed E-state index contributed by atoms with van der Waals surface area (Å²) in [4.78, 5) is 16.4. The maximum absolute atomic E-state index is 12.5. The summed E-state index contributed by atoms with van der Waals surface area (Å²) in [6.45, 7) is 0. The molecule has 0 aliphatic carbocycles. The topological polar surface area (TPSA) is 64.4 Å². The minimum Gasteiger partial charge on any atom is -0.497 e. The lowest BCUT2D eigenvalue weighted by Gasteiger charge is -2.09. The Hall–Kier alpha value is -2.60. The molecule has 1 amide bonds. The maximum Gasteiger partial charge on any atom is 0.256 e. The number of nitrogens with zero attached hydrogens (tertiary/aromatic N) is 1. The van der Waals surface area contributed by atoms with Crippen LogP contribution in [0.2, 0.25) is 0 Å². The summed E-state index contributed by atoms with van der Waals surface area (Å²) in [5.74, 6) is 1.03. The molecule has 2 aromatic carbocycles. The zero-order valence-corrected chi connectivity index (χ0v) is 13.8. The molecule has 0 aliphatic heterocycles. The molecule has 0 unspecified atom stereocenters. The molecule has 0 saturated carbocycles. The van der Waals surface area contributed by atoms with Crippen LogP contribution in [0.25, 0.3) is 11.3 Å². The first-order chi connectivity index (χ1) is 11.2. The minimum absolute atomic E-state index is 0.231. The fraction of sp³-hybridized carbons (Fsp3) is 0.0588.